The lowest BCUT2D eigenvalue weighted by Gasteiger charge is -2.14. The fraction of sp³-hybridized carbons (Fsp3) is 0.625. The van der Waals surface area contributed by atoms with Crippen molar-refractivity contribution in [2.75, 3.05) is 25.5 Å². The number of rotatable bonds is 5. The summed E-state index contributed by atoms with van der Waals surface area (Å²) in [6.45, 7) is 0.394. The normalized spacial score (nSPS) is 10.9. The van der Waals surface area contributed by atoms with Gasteiger partial charge in [0.05, 0.1) is 12.2 Å². The van der Waals surface area contributed by atoms with Crippen LogP contribution in [0.15, 0.2) is 5.38 Å². The molecule has 0 aliphatic rings. The second kappa shape index (κ2) is 5.21. The lowest BCUT2D eigenvalue weighted by Crippen LogP contribution is -2.23. The Morgan fingerprint density at radius 3 is 2.93 bits per heavy atom. The topological polar surface area (TPSA) is 28.2 Å². The molecule has 1 aromatic heterocycles. The third kappa shape index (κ3) is 3.19. The molecule has 1 aromatic rings. The molecule has 0 aliphatic heterocycles. The third-order valence-corrected chi connectivity index (χ3v) is 2.64. The van der Waals surface area contributed by atoms with E-state index in [1.807, 2.05) is 12.4 Å². The van der Waals surface area contributed by atoms with Crippen LogP contribution in [-0.4, -0.2) is 32.0 Å². The van der Waals surface area contributed by atoms with Crippen LogP contribution in [0.25, 0.3) is 0 Å². The predicted octanol–water partition coefficient (Wildman–Crippen LogP) is 1.56. The highest BCUT2D eigenvalue weighted by atomic mass is 32.1. The average Bonchev–Trinajstić information content (AvgIpc) is 2.52. The van der Waals surface area contributed by atoms with E-state index in [0.717, 1.165) is 5.69 Å². The van der Waals surface area contributed by atoms with E-state index in [-0.39, 0.29) is 6.54 Å². The van der Waals surface area contributed by atoms with Crippen molar-refractivity contribution in [2.24, 2.45) is 0 Å². The second-order valence-corrected chi connectivity index (χ2v) is 3.76. The Morgan fingerprint density at radius 1 is 1.64 bits per heavy atom. The first-order valence-electron chi connectivity index (χ1n) is 4.21. The molecule has 0 aromatic carbocycles. The van der Waals surface area contributed by atoms with Crippen LogP contribution in [0.4, 0.5) is 13.9 Å². The van der Waals surface area contributed by atoms with Gasteiger partial charge in [0.2, 0.25) is 0 Å². The highest BCUT2D eigenvalue weighted by Crippen LogP contribution is 2.19. The van der Waals surface area contributed by atoms with Crippen LogP contribution in [0.5, 0.6) is 0 Å². The number of thiazole rings is 1. The lowest BCUT2D eigenvalue weighted by atomic mass is 10.5. The first kappa shape index (κ1) is 11.3. The smallest absolute Gasteiger partial charge is 0.255 e. The first-order valence-corrected chi connectivity index (χ1v) is 5.09. The largest absolute Gasteiger partial charge is 0.345 e. The molecule has 0 radical (unpaired) electrons. The molecule has 0 amide bonds. The Hall–Kier alpha value is -0.750. The van der Waals surface area contributed by atoms with Gasteiger partial charge in [-0.3, -0.25) is 0 Å². The van der Waals surface area contributed by atoms with Crippen molar-refractivity contribution in [1.82, 2.24) is 10.3 Å². The minimum atomic E-state index is -2.32. The van der Waals surface area contributed by atoms with Gasteiger partial charge in [0.15, 0.2) is 5.13 Å². The predicted molar refractivity (Wildman–Crippen MR) is 54.2 cm³/mol. The van der Waals surface area contributed by atoms with Gasteiger partial charge in [-0.1, -0.05) is 0 Å². The van der Waals surface area contributed by atoms with Crippen molar-refractivity contribution in [2.45, 2.75) is 13.0 Å². The summed E-state index contributed by atoms with van der Waals surface area (Å²) in [5.74, 6) is 0. The zero-order valence-corrected chi connectivity index (χ0v) is 8.94. The van der Waals surface area contributed by atoms with Gasteiger partial charge in [0.25, 0.3) is 6.43 Å². The molecule has 0 aliphatic carbocycles. The summed E-state index contributed by atoms with van der Waals surface area (Å²) in [7, 11) is 3.44. The molecule has 80 valence electrons. The summed E-state index contributed by atoms with van der Waals surface area (Å²) >= 11 is 1.38. The van der Waals surface area contributed by atoms with Crippen molar-refractivity contribution in [3.63, 3.8) is 0 Å². The molecule has 0 bridgehead atoms. The van der Waals surface area contributed by atoms with Gasteiger partial charge in [-0.2, -0.15) is 0 Å². The molecule has 6 heteroatoms. The summed E-state index contributed by atoms with van der Waals surface area (Å²) in [5.41, 5.74) is 0.883. The molecule has 0 atom stereocenters. The Bertz CT molecular complexity index is 277. The zero-order valence-electron chi connectivity index (χ0n) is 8.13. The number of halogens is 2. The van der Waals surface area contributed by atoms with Crippen LogP contribution in [0.3, 0.4) is 0 Å². The number of anilines is 1. The lowest BCUT2D eigenvalue weighted by molar-refractivity contribution is 0.156. The van der Waals surface area contributed by atoms with Crippen molar-refractivity contribution < 1.29 is 8.78 Å². The van der Waals surface area contributed by atoms with Crippen molar-refractivity contribution in [3.05, 3.63) is 11.1 Å². The van der Waals surface area contributed by atoms with Crippen LogP contribution < -0.4 is 10.2 Å². The third-order valence-electron chi connectivity index (χ3n) is 1.64. The monoisotopic (exact) mass is 221 g/mol. The maximum atomic E-state index is 12.0. The summed E-state index contributed by atoms with van der Waals surface area (Å²) in [6, 6.07) is 0. The summed E-state index contributed by atoms with van der Waals surface area (Å²) in [5, 5.41) is 5.46. The Balaban J connectivity index is 2.57. The number of hydrogen-bond acceptors (Lipinski definition) is 4. The van der Waals surface area contributed by atoms with Crippen molar-refractivity contribution >= 4 is 16.5 Å². The molecular weight excluding hydrogens is 208 g/mol. The average molecular weight is 221 g/mol. The van der Waals surface area contributed by atoms with Crippen LogP contribution in [0, 0.1) is 0 Å². The van der Waals surface area contributed by atoms with E-state index < -0.39 is 6.43 Å². The van der Waals surface area contributed by atoms with E-state index in [4.69, 9.17) is 0 Å². The molecule has 3 nitrogen and oxygen atoms in total. The van der Waals surface area contributed by atoms with Crippen LogP contribution >= 0.6 is 11.3 Å². The standard InChI is InChI=1S/C8H13F2N3S/c1-11-3-6-5-14-8(12-6)13(2)4-7(9)10/h5,7,11H,3-4H2,1-2H3. The molecule has 0 saturated heterocycles. The number of aromatic nitrogens is 1. The van der Waals surface area contributed by atoms with Crippen molar-refractivity contribution in [1.29, 1.82) is 0 Å². The van der Waals surface area contributed by atoms with Gasteiger partial charge < -0.3 is 10.2 Å². The van der Waals surface area contributed by atoms with E-state index in [1.54, 1.807) is 7.05 Å². The number of nitrogens with one attached hydrogen (secondary N) is 1. The van der Waals surface area contributed by atoms with E-state index in [1.165, 1.54) is 16.2 Å². The SMILES string of the molecule is CNCc1csc(N(C)CC(F)F)n1. The van der Waals surface area contributed by atoms with Crippen LogP contribution in [-0.2, 0) is 6.54 Å². The Morgan fingerprint density at radius 2 is 2.36 bits per heavy atom. The fourth-order valence-electron chi connectivity index (χ4n) is 1.02. The highest BCUT2D eigenvalue weighted by molar-refractivity contribution is 7.13. The summed E-state index contributed by atoms with van der Waals surface area (Å²) in [6.07, 6.45) is -2.32. The zero-order chi connectivity index (χ0) is 10.6. The number of nitrogens with zero attached hydrogens (tertiary/aromatic N) is 2. The highest BCUT2D eigenvalue weighted by Gasteiger charge is 2.11. The molecule has 1 rings (SSSR count). The number of hydrogen-bond donors (Lipinski definition) is 1. The second-order valence-electron chi connectivity index (χ2n) is 2.92. The van der Waals surface area contributed by atoms with Gasteiger partial charge in [-0.25, -0.2) is 13.8 Å². The van der Waals surface area contributed by atoms with Gasteiger partial charge in [0, 0.05) is 19.0 Å². The van der Waals surface area contributed by atoms with E-state index in [0.29, 0.717) is 11.7 Å². The summed E-state index contributed by atoms with van der Waals surface area (Å²) < 4.78 is 24.1. The van der Waals surface area contributed by atoms with Gasteiger partial charge in [-0.15, -0.1) is 11.3 Å². The Kier molecular flexibility index (Phi) is 4.21. The molecule has 0 saturated carbocycles. The first-order chi connectivity index (χ1) is 6.63. The molecule has 0 unspecified atom stereocenters. The van der Waals surface area contributed by atoms with Crippen molar-refractivity contribution in [3.8, 4) is 0 Å². The van der Waals surface area contributed by atoms with E-state index in [9.17, 15) is 8.78 Å². The minimum Gasteiger partial charge on any atom is -0.345 e. The Labute approximate surface area is 85.8 Å². The van der Waals surface area contributed by atoms with Crippen LogP contribution in [0.2, 0.25) is 0 Å². The molecule has 1 N–H and O–H groups in total. The maximum absolute atomic E-state index is 12.0. The van der Waals surface area contributed by atoms with E-state index in [2.05, 4.69) is 10.3 Å². The van der Waals surface area contributed by atoms with E-state index >= 15 is 0 Å². The molecule has 1 heterocycles. The molecular formula is C8H13F2N3S. The van der Waals surface area contributed by atoms with Gasteiger partial charge in [0.1, 0.15) is 0 Å². The maximum Gasteiger partial charge on any atom is 0.255 e. The summed E-state index contributed by atoms with van der Waals surface area (Å²) in [4.78, 5) is 5.67. The fourth-order valence-corrected chi connectivity index (χ4v) is 1.82. The van der Waals surface area contributed by atoms with Gasteiger partial charge >= 0.3 is 0 Å². The van der Waals surface area contributed by atoms with Gasteiger partial charge in [-0.05, 0) is 7.05 Å². The van der Waals surface area contributed by atoms with Crippen LogP contribution in [0.1, 0.15) is 5.69 Å². The minimum absolute atomic E-state index is 0.271. The molecule has 0 spiro atoms. The molecule has 14 heavy (non-hydrogen) atoms. The quantitative estimate of drug-likeness (QED) is 0.818. The molecule has 0 fully saturated rings. The number of alkyl halides is 2.